The number of aryl methyl sites for hydroxylation is 1. The Morgan fingerprint density at radius 1 is 1.63 bits per heavy atom. The van der Waals surface area contributed by atoms with Gasteiger partial charge in [-0.25, -0.2) is 4.98 Å². The third-order valence-corrected chi connectivity index (χ3v) is 4.12. The summed E-state index contributed by atoms with van der Waals surface area (Å²) in [6, 6.07) is 1.61. The van der Waals surface area contributed by atoms with Gasteiger partial charge in [-0.2, -0.15) is 0 Å². The van der Waals surface area contributed by atoms with Gasteiger partial charge >= 0.3 is 0 Å². The summed E-state index contributed by atoms with van der Waals surface area (Å²) in [6.07, 6.45) is 3.08. The summed E-state index contributed by atoms with van der Waals surface area (Å²) in [4.78, 5) is 18.6. The van der Waals surface area contributed by atoms with Gasteiger partial charge in [0.1, 0.15) is 11.6 Å². The van der Waals surface area contributed by atoms with Gasteiger partial charge in [0.15, 0.2) is 0 Å². The Morgan fingerprint density at radius 2 is 2.47 bits per heavy atom. The largest absolute Gasteiger partial charge is 0.376 e. The molecule has 0 spiro atoms. The zero-order chi connectivity index (χ0) is 13.4. The van der Waals surface area contributed by atoms with Crippen molar-refractivity contribution in [1.29, 1.82) is 0 Å². The predicted molar refractivity (Wildman–Crippen MR) is 72.1 cm³/mol. The fraction of sp³-hybridized carbons (Fsp3) is 0.692. The van der Waals surface area contributed by atoms with Crippen molar-refractivity contribution in [2.75, 3.05) is 11.9 Å². The molecule has 4 unspecified atom stereocenters. The lowest BCUT2D eigenvalue weighted by Gasteiger charge is -2.52. The second kappa shape index (κ2) is 4.94. The molecule has 4 atom stereocenters. The van der Waals surface area contributed by atoms with Gasteiger partial charge in [-0.1, -0.05) is 6.92 Å². The van der Waals surface area contributed by atoms with E-state index in [2.05, 4.69) is 15.3 Å². The first-order valence-corrected chi connectivity index (χ1v) is 6.93. The van der Waals surface area contributed by atoms with Gasteiger partial charge in [-0.05, 0) is 12.8 Å². The fourth-order valence-corrected chi connectivity index (χ4v) is 3.05. The van der Waals surface area contributed by atoms with E-state index in [1.807, 2.05) is 6.92 Å². The lowest BCUT2D eigenvalue weighted by Crippen LogP contribution is -2.69. The Hall–Kier alpha value is -1.40. The average molecular weight is 264 g/mol. The number of nitrogens with one attached hydrogen (secondary N) is 2. The maximum atomic E-state index is 11.5. The highest BCUT2D eigenvalue weighted by Gasteiger charge is 2.50. The van der Waals surface area contributed by atoms with E-state index in [1.54, 1.807) is 0 Å². The van der Waals surface area contributed by atoms with Crippen LogP contribution in [-0.2, 0) is 11.2 Å². The monoisotopic (exact) mass is 264 g/mol. The molecule has 0 amide bonds. The van der Waals surface area contributed by atoms with Gasteiger partial charge in [0.2, 0.25) is 0 Å². The molecule has 6 nitrogen and oxygen atoms in total. The molecule has 104 valence electrons. The van der Waals surface area contributed by atoms with Crippen LogP contribution in [0.4, 0.5) is 5.82 Å². The van der Waals surface area contributed by atoms with Crippen molar-refractivity contribution in [3.8, 4) is 0 Å². The normalized spacial score (nSPS) is 33.4. The Balaban J connectivity index is 1.74. The molecule has 0 aromatic carbocycles. The minimum atomic E-state index is -0.136. The molecule has 3 rings (SSSR count). The summed E-state index contributed by atoms with van der Waals surface area (Å²) in [5.74, 6) is 1.72. The van der Waals surface area contributed by atoms with Crippen LogP contribution in [0.5, 0.6) is 0 Å². The number of hydrogen-bond acceptors (Lipinski definition) is 5. The van der Waals surface area contributed by atoms with Crippen LogP contribution in [0.2, 0.25) is 0 Å². The standard InChI is InChI=1S/C13H20N4O2/c1-2-8-15-9(6-10(18)16-8)17-12-11(14)7-4-3-5-19-13(7)12/h6-7,11-13H,2-5,14H2,1H3,(H2,15,16,17,18). The molecule has 2 heterocycles. The summed E-state index contributed by atoms with van der Waals surface area (Å²) >= 11 is 0. The molecule has 4 N–H and O–H groups in total. The molecular formula is C13H20N4O2. The Kier molecular flexibility index (Phi) is 3.28. The smallest absolute Gasteiger partial charge is 0.252 e. The molecule has 1 aliphatic heterocycles. The van der Waals surface area contributed by atoms with Crippen LogP contribution in [0.25, 0.3) is 0 Å². The van der Waals surface area contributed by atoms with Gasteiger partial charge in [0, 0.05) is 31.1 Å². The van der Waals surface area contributed by atoms with E-state index in [9.17, 15) is 4.79 Å². The third kappa shape index (κ3) is 2.26. The van der Waals surface area contributed by atoms with E-state index in [1.165, 1.54) is 6.07 Å². The van der Waals surface area contributed by atoms with E-state index < -0.39 is 0 Å². The van der Waals surface area contributed by atoms with Crippen LogP contribution >= 0.6 is 0 Å². The third-order valence-electron chi connectivity index (χ3n) is 4.12. The number of anilines is 1. The number of aromatic nitrogens is 2. The number of nitrogens with two attached hydrogens (primary N) is 1. The number of aromatic amines is 1. The van der Waals surface area contributed by atoms with Crippen LogP contribution in [0.1, 0.15) is 25.6 Å². The van der Waals surface area contributed by atoms with E-state index in [0.717, 1.165) is 19.4 Å². The Labute approximate surface area is 111 Å². The quantitative estimate of drug-likeness (QED) is 0.727. The summed E-state index contributed by atoms with van der Waals surface area (Å²) in [6.45, 7) is 2.76. The SMILES string of the molecule is CCc1nc(NC2C(N)C3CCCOC32)cc(=O)[nH]1. The number of rotatable bonds is 3. The second-order valence-corrected chi connectivity index (χ2v) is 5.32. The Morgan fingerprint density at radius 3 is 3.26 bits per heavy atom. The average Bonchev–Trinajstić information content (AvgIpc) is 2.43. The van der Waals surface area contributed by atoms with Crippen LogP contribution in [-0.4, -0.2) is 34.8 Å². The van der Waals surface area contributed by atoms with Crippen molar-refractivity contribution in [1.82, 2.24) is 9.97 Å². The summed E-state index contributed by atoms with van der Waals surface area (Å²) in [5.41, 5.74) is 6.04. The molecular weight excluding hydrogens is 244 g/mol. The zero-order valence-electron chi connectivity index (χ0n) is 11.1. The number of nitrogens with zero attached hydrogens (tertiary/aromatic N) is 1. The van der Waals surface area contributed by atoms with Crippen LogP contribution < -0.4 is 16.6 Å². The van der Waals surface area contributed by atoms with E-state index in [4.69, 9.17) is 10.5 Å². The van der Waals surface area contributed by atoms with Crippen molar-refractivity contribution in [3.63, 3.8) is 0 Å². The molecule has 1 aromatic heterocycles. The first-order chi connectivity index (χ1) is 9.19. The molecule has 2 fully saturated rings. The maximum absolute atomic E-state index is 11.5. The number of hydrogen-bond donors (Lipinski definition) is 3. The summed E-state index contributed by atoms with van der Waals surface area (Å²) in [5, 5.41) is 3.26. The van der Waals surface area contributed by atoms with Crippen molar-refractivity contribution in [3.05, 3.63) is 22.2 Å². The highest BCUT2D eigenvalue weighted by molar-refractivity contribution is 5.37. The lowest BCUT2D eigenvalue weighted by atomic mass is 9.68. The first-order valence-electron chi connectivity index (χ1n) is 6.93. The van der Waals surface area contributed by atoms with Gasteiger partial charge < -0.3 is 20.8 Å². The fourth-order valence-electron chi connectivity index (χ4n) is 3.05. The molecule has 6 heteroatoms. The number of fused-ring (bicyclic) bond motifs is 1. The molecule has 0 bridgehead atoms. The number of H-pyrrole nitrogens is 1. The van der Waals surface area contributed by atoms with Crippen LogP contribution in [0, 0.1) is 5.92 Å². The van der Waals surface area contributed by atoms with Crippen molar-refractivity contribution >= 4 is 5.82 Å². The molecule has 2 aliphatic rings. The molecule has 0 radical (unpaired) electrons. The summed E-state index contributed by atoms with van der Waals surface area (Å²) < 4.78 is 5.76. The molecule has 1 saturated carbocycles. The Bertz CT molecular complexity index is 516. The minimum Gasteiger partial charge on any atom is -0.376 e. The van der Waals surface area contributed by atoms with E-state index in [-0.39, 0.29) is 23.7 Å². The topological polar surface area (TPSA) is 93.0 Å². The predicted octanol–water partition coefficient (Wildman–Crippen LogP) is 0.249. The van der Waals surface area contributed by atoms with Crippen molar-refractivity contribution < 1.29 is 4.74 Å². The molecule has 1 aromatic rings. The first kappa shape index (κ1) is 12.6. The highest BCUT2D eigenvalue weighted by atomic mass is 16.5. The minimum absolute atomic E-state index is 0.0595. The summed E-state index contributed by atoms with van der Waals surface area (Å²) in [7, 11) is 0. The van der Waals surface area contributed by atoms with Gasteiger partial charge in [0.05, 0.1) is 12.1 Å². The van der Waals surface area contributed by atoms with E-state index in [0.29, 0.717) is 24.0 Å². The molecule has 1 aliphatic carbocycles. The second-order valence-electron chi connectivity index (χ2n) is 5.32. The maximum Gasteiger partial charge on any atom is 0.252 e. The lowest BCUT2D eigenvalue weighted by molar-refractivity contribution is -0.104. The number of ether oxygens (including phenoxy) is 1. The van der Waals surface area contributed by atoms with Gasteiger partial charge in [-0.3, -0.25) is 4.79 Å². The van der Waals surface area contributed by atoms with E-state index >= 15 is 0 Å². The van der Waals surface area contributed by atoms with Crippen molar-refractivity contribution in [2.24, 2.45) is 11.7 Å². The van der Waals surface area contributed by atoms with Crippen LogP contribution in [0.3, 0.4) is 0 Å². The van der Waals surface area contributed by atoms with Gasteiger partial charge in [0.25, 0.3) is 5.56 Å². The molecule has 19 heavy (non-hydrogen) atoms. The highest BCUT2D eigenvalue weighted by Crippen LogP contribution is 2.38. The van der Waals surface area contributed by atoms with Gasteiger partial charge in [-0.15, -0.1) is 0 Å². The molecule has 1 saturated heterocycles. The zero-order valence-corrected chi connectivity index (χ0v) is 11.1. The van der Waals surface area contributed by atoms with Crippen LogP contribution in [0.15, 0.2) is 10.9 Å². The van der Waals surface area contributed by atoms with Crippen molar-refractivity contribution in [2.45, 2.75) is 44.4 Å².